The third kappa shape index (κ3) is 3.73. The van der Waals surface area contributed by atoms with Gasteiger partial charge in [-0.15, -0.1) is 0 Å². The molecule has 0 aromatic heterocycles. The molecule has 2 rings (SSSR count). The number of methoxy groups -OCH3 is 1. The van der Waals surface area contributed by atoms with Crippen molar-refractivity contribution in [3.8, 4) is 5.75 Å². The maximum absolute atomic E-state index is 11.9. The Labute approximate surface area is 118 Å². The molecule has 1 aliphatic rings. The van der Waals surface area contributed by atoms with Crippen LogP contribution in [0.5, 0.6) is 5.75 Å². The van der Waals surface area contributed by atoms with E-state index in [1.165, 1.54) is 0 Å². The molecule has 0 bridgehead atoms. The smallest absolute Gasteiger partial charge is 0.224 e. The molecule has 1 aromatic rings. The number of benzene rings is 1. The van der Waals surface area contributed by atoms with E-state index in [-0.39, 0.29) is 17.9 Å². The fraction of sp³-hybridized carbons (Fsp3) is 0.467. The molecule has 1 saturated heterocycles. The van der Waals surface area contributed by atoms with Crippen molar-refractivity contribution in [2.45, 2.75) is 25.3 Å². The van der Waals surface area contributed by atoms with E-state index in [0.29, 0.717) is 25.8 Å². The normalized spacial score (nSPS) is 18.2. The summed E-state index contributed by atoms with van der Waals surface area (Å²) >= 11 is 0. The Morgan fingerprint density at radius 2 is 2.30 bits per heavy atom. The van der Waals surface area contributed by atoms with Crippen LogP contribution < -0.4 is 10.1 Å². The molecule has 0 saturated carbocycles. The molecule has 1 N–H and O–H groups in total. The molecular weight excluding hydrogens is 256 g/mol. The number of hydrogen-bond acceptors (Lipinski definition) is 3. The topological polar surface area (TPSA) is 58.6 Å². The van der Waals surface area contributed by atoms with E-state index in [2.05, 4.69) is 5.32 Å². The third-order valence-corrected chi connectivity index (χ3v) is 3.48. The molecule has 1 aliphatic heterocycles. The van der Waals surface area contributed by atoms with Gasteiger partial charge < -0.3 is 15.0 Å². The highest BCUT2D eigenvalue weighted by Crippen LogP contribution is 2.14. The molecular formula is C15H20N2O3. The summed E-state index contributed by atoms with van der Waals surface area (Å²) in [4.78, 5) is 24.9. The number of nitrogens with zero attached hydrogens (tertiary/aromatic N) is 1. The van der Waals surface area contributed by atoms with Crippen LogP contribution in [-0.4, -0.2) is 43.5 Å². The van der Waals surface area contributed by atoms with Gasteiger partial charge in [-0.25, -0.2) is 0 Å². The third-order valence-electron chi connectivity index (χ3n) is 3.48. The fourth-order valence-corrected chi connectivity index (χ4v) is 2.35. The van der Waals surface area contributed by atoms with Gasteiger partial charge in [0, 0.05) is 26.4 Å². The molecule has 0 radical (unpaired) electrons. The van der Waals surface area contributed by atoms with Gasteiger partial charge in [0.25, 0.3) is 0 Å². The van der Waals surface area contributed by atoms with Crippen molar-refractivity contribution in [1.29, 1.82) is 0 Å². The maximum Gasteiger partial charge on any atom is 0.224 e. The predicted molar refractivity (Wildman–Crippen MR) is 75.5 cm³/mol. The molecule has 0 spiro atoms. The van der Waals surface area contributed by atoms with E-state index < -0.39 is 0 Å². The summed E-state index contributed by atoms with van der Waals surface area (Å²) in [5.41, 5.74) is 1.07. The molecule has 5 nitrogen and oxygen atoms in total. The van der Waals surface area contributed by atoms with Crippen LogP contribution in [0.3, 0.4) is 0 Å². The van der Waals surface area contributed by atoms with Crippen LogP contribution in [0, 0.1) is 0 Å². The van der Waals surface area contributed by atoms with Crippen LogP contribution in [0.25, 0.3) is 0 Å². The monoisotopic (exact) mass is 276 g/mol. The lowest BCUT2D eigenvalue weighted by Crippen LogP contribution is -2.36. The summed E-state index contributed by atoms with van der Waals surface area (Å²) in [6.45, 7) is 0.601. The Balaban J connectivity index is 1.79. The second kappa shape index (κ2) is 6.41. The Kier molecular flexibility index (Phi) is 4.61. The van der Waals surface area contributed by atoms with Gasteiger partial charge in [0.1, 0.15) is 5.75 Å². The van der Waals surface area contributed by atoms with E-state index in [9.17, 15) is 9.59 Å². The van der Waals surface area contributed by atoms with E-state index in [1.807, 2.05) is 24.3 Å². The standard InChI is InChI=1S/C15H20N2O3/c1-17-10-12(9-15(17)19)16-14(18)7-6-11-4-3-5-13(8-11)20-2/h3-5,8,12H,6-7,9-10H2,1-2H3,(H,16,18). The number of aryl methyl sites for hydroxylation is 1. The van der Waals surface area contributed by atoms with Gasteiger partial charge in [0.15, 0.2) is 0 Å². The van der Waals surface area contributed by atoms with E-state index >= 15 is 0 Å². The lowest BCUT2D eigenvalue weighted by molar-refractivity contribution is -0.126. The van der Waals surface area contributed by atoms with Gasteiger partial charge in [-0.3, -0.25) is 9.59 Å². The summed E-state index contributed by atoms with van der Waals surface area (Å²) in [5, 5.41) is 2.91. The lowest BCUT2D eigenvalue weighted by Gasteiger charge is -2.12. The number of carbonyl (C=O) groups is 2. The largest absolute Gasteiger partial charge is 0.497 e. The van der Waals surface area contributed by atoms with Crippen LogP contribution in [0.4, 0.5) is 0 Å². The molecule has 108 valence electrons. The predicted octanol–water partition coefficient (Wildman–Crippen LogP) is 0.975. The SMILES string of the molecule is COc1cccc(CCC(=O)NC2CC(=O)N(C)C2)c1. The van der Waals surface area contributed by atoms with Crippen molar-refractivity contribution in [2.75, 3.05) is 20.7 Å². The van der Waals surface area contributed by atoms with E-state index in [4.69, 9.17) is 4.74 Å². The zero-order valence-electron chi connectivity index (χ0n) is 11.9. The highest BCUT2D eigenvalue weighted by Gasteiger charge is 2.27. The number of amides is 2. The second-order valence-corrected chi connectivity index (χ2v) is 5.09. The number of hydrogen-bond donors (Lipinski definition) is 1. The zero-order valence-corrected chi connectivity index (χ0v) is 11.9. The van der Waals surface area contributed by atoms with Crippen molar-refractivity contribution >= 4 is 11.8 Å². The number of carbonyl (C=O) groups excluding carboxylic acids is 2. The van der Waals surface area contributed by atoms with Gasteiger partial charge in [-0.05, 0) is 24.1 Å². The fourth-order valence-electron chi connectivity index (χ4n) is 2.35. The van der Waals surface area contributed by atoms with Gasteiger partial charge in [-0.1, -0.05) is 12.1 Å². The summed E-state index contributed by atoms with van der Waals surface area (Å²) in [6, 6.07) is 7.65. The second-order valence-electron chi connectivity index (χ2n) is 5.09. The van der Waals surface area contributed by atoms with Crippen LogP contribution in [0.15, 0.2) is 24.3 Å². The minimum atomic E-state index is -0.0506. The molecule has 1 heterocycles. The maximum atomic E-state index is 11.9. The average molecular weight is 276 g/mol. The summed E-state index contributed by atoms with van der Waals surface area (Å²) in [5.74, 6) is 0.870. The van der Waals surface area contributed by atoms with Gasteiger partial charge >= 0.3 is 0 Å². The first-order valence-electron chi connectivity index (χ1n) is 6.74. The first kappa shape index (κ1) is 14.4. The average Bonchev–Trinajstić information content (AvgIpc) is 2.75. The molecule has 1 unspecified atom stereocenters. The van der Waals surface area contributed by atoms with Crippen LogP contribution in [0.1, 0.15) is 18.4 Å². The molecule has 2 amide bonds. The molecule has 0 aliphatic carbocycles. The zero-order chi connectivity index (χ0) is 14.5. The quantitative estimate of drug-likeness (QED) is 0.872. The molecule has 5 heteroatoms. The summed E-state index contributed by atoms with van der Waals surface area (Å²) < 4.78 is 5.15. The van der Waals surface area contributed by atoms with Crippen molar-refractivity contribution in [1.82, 2.24) is 10.2 Å². The lowest BCUT2D eigenvalue weighted by atomic mass is 10.1. The van der Waals surface area contributed by atoms with Crippen molar-refractivity contribution in [3.05, 3.63) is 29.8 Å². The summed E-state index contributed by atoms with van der Waals surface area (Å²) in [7, 11) is 3.38. The summed E-state index contributed by atoms with van der Waals surface area (Å²) in [6.07, 6.45) is 1.49. The van der Waals surface area contributed by atoms with Gasteiger partial charge in [-0.2, -0.15) is 0 Å². The highest BCUT2D eigenvalue weighted by atomic mass is 16.5. The van der Waals surface area contributed by atoms with E-state index in [0.717, 1.165) is 11.3 Å². The Hall–Kier alpha value is -2.04. The van der Waals surface area contributed by atoms with Gasteiger partial charge in [0.05, 0.1) is 13.2 Å². The minimum Gasteiger partial charge on any atom is -0.497 e. The van der Waals surface area contributed by atoms with Gasteiger partial charge in [0.2, 0.25) is 11.8 Å². The van der Waals surface area contributed by atoms with Crippen LogP contribution in [-0.2, 0) is 16.0 Å². The number of ether oxygens (including phenoxy) is 1. The highest BCUT2D eigenvalue weighted by molar-refractivity contribution is 5.82. The van der Waals surface area contributed by atoms with Crippen molar-refractivity contribution in [2.24, 2.45) is 0 Å². The van der Waals surface area contributed by atoms with Crippen molar-refractivity contribution < 1.29 is 14.3 Å². The minimum absolute atomic E-state index is 0.0130. The molecule has 1 fully saturated rings. The molecule has 1 aromatic carbocycles. The Bertz CT molecular complexity index is 502. The van der Waals surface area contributed by atoms with Crippen LogP contribution >= 0.6 is 0 Å². The van der Waals surface area contributed by atoms with E-state index in [1.54, 1.807) is 19.1 Å². The Morgan fingerprint density at radius 3 is 2.95 bits per heavy atom. The van der Waals surface area contributed by atoms with Crippen molar-refractivity contribution in [3.63, 3.8) is 0 Å². The number of nitrogens with one attached hydrogen (secondary N) is 1. The number of likely N-dealkylation sites (tertiary alicyclic amines) is 1. The number of rotatable bonds is 5. The first-order chi connectivity index (χ1) is 9.58. The molecule has 1 atom stereocenters. The molecule has 20 heavy (non-hydrogen) atoms. The Morgan fingerprint density at radius 1 is 1.50 bits per heavy atom. The first-order valence-corrected chi connectivity index (χ1v) is 6.74. The van der Waals surface area contributed by atoms with Crippen LogP contribution in [0.2, 0.25) is 0 Å². The number of likely N-dealkylation sites (N-methyl/N-ethyl adjacent to an activating group) is 1.